The molecular weight excluding hydrogens is 576 g/mol. The van der Waals surface area contributed by atoms with Crippen molar-refractivity contribution in [3.63, 3.8) is 0 Å². The molecule has 0 aliphatic rings. The molecule has 4 aromatic heterocycles. The van der Waals surface area contributed by atoms with Crippen LogP contribution in [0.2, 0.25) is 0 Å². The highest BCUT2D eigenvalue weighted by atomic mass is 15.6. The van der Waals surface area contributed by atoms with Crippen molar-refractivity contribution in [3.05, 3.63) is 150 Å². The summed E-state index contributed by atoms with van der Waals surface area (Å²) in [6.07, 6.45) is 9.95. The molecule has 0 radical (unpaired) electrons. The molecule has 0 aliphatic heterocycles. The minimum Gasteiger partial charge on any atom is -0.361 e. The van der Waals surface area contributed by atoms with Gasteiger partial charge in [0.05, 0.1) is 5.52 Å². The SMILES string of the molecule is CN(CCC(c1ccc2ncccc2c1)c1ccc2[nH]ccc2c1)N(C)CCC(c1ccc2[nH]ccc2c1)c1ccc2[nH]ccc2c1. The van der Waals surface area contributed by atoms with Crippen LogP contribution in [-0.2, 0) is 0 Å². The number of aromatic amines is 3. The third-order valence-electron chi connectivity index (χ3n) is 10.0. The van der Waals surface area contributed by atoms with Crippen LogP contribution < -0.4 is 0 Å². The number of rotatable bonds is 11. The normalized spacial score (nSPS) is 12.9. The van der Waals surface area contributed by atoms with Crippen molar-refractivity contribution in [2.75, 3.05) is 27.2 Å². The average Bonchev–Trinajstić information content (AvgIpc) is 3.89. The van der Waals surface area contributed by atoms with Gasteiger partial charge in [-0.15, -0.1) is 0 Å². The predicted molar refractivity (Wildman–Crippen MR) is 195 cm³/mol. The maximum absolute atomic E-state index is 4.57. The van der Waals surface area contributed by atoms with E-state index in [0.29, 0.717) is 0 Å². The summed E-state index contributed by atoms with van der Waals surface area (Å²) in [4.78, 5) is 14.6. The van der Waals surface area contributed by atoms with E-state index in [1.165, 1.54) is 60.3 Å². The van der Waals surface area contributed by atoms with Gasteiger partial charge < -0.3 is 15.0 Å². The fraction of sp³-hybridized carbons (Fsp3) is 0.195. The smallest absolute Gasteiger partial charge is 0.0702 e. The van der Waals surface area contributed by atoms with Crippen LogP contribution in [0.1, 0.15) is 46.9 Å². The van der Waals surface area contributed by atoms with Gasteiger partial charge in [0, 0.05) is 85.7 Å². The Morgan fingerprint density at radius 1 is 0.511 bits per heavy atom. The van der Waals surface area contributed by atoms with Crippen LogP contribution in [-0.4, -0.2) is 57.1 Å². The van der Waals surface area contributed by atoms with Gasteiger partial charge in [0.1, 0.15) is 0 Å². The topological polar surface area (TPSA) is 66.7 Å². The van der Waals surface area contributed by atoms with Crippen molar-refractivity contribution in [1.29, 1.82) is 0 Å². The van der Waals surface area contributed by atoms with E-state index in [-0.39, 0.29) is 11.8 Å². The Bertz CT molecular complexity index is 2220. The summed E-state index contributed by atoms with van der Waals surface area (Å²) < 4.78 is 0. The maximum atomic E-state index is 4.57. The lowest BCUT2D eigenvalue weighted by Crippen LogP contribution is -2.39. The summed E-state index contributed by atoms with van der Waals surface area (Å²) in [5.74, 6) is 0.556. The first-order valence-corrected chi connectivity index (χ1v) is 16.6. The van der Waals surface area contributed by atoms with Crippen molar-refractivity contribution in [2.45, 2.75) is 24.7 Å². The van der Waals surface area contributed by atoms with Gasteiger partial charge in [0.2, 0.25) is 0 Å². The fourth-order valence-electron chi connectivity index (χ4n) is 7.20. The molecule has 0 bridgehead atoms. The summed E-state index contributed by atoms with van der Waals surface area (Å²) in [6, 6.07) is 38.0. The summed E-state index contributed by atoms with van der Waals surface area (Å²) in [5, 5.41) is 9.75. The summed E-state index contributed by atoms with van der Waals surface area (Å²) in [6.45, 7) is 1.88. The number of hydrazine groups is 1. The van der Waals surface area contributed by atoms with Gasteiger partial charge in [0.25, 0.3) is 0 Å². The zero-order chi connectivity index (χ0) is 31.7. The lowest BCUT2D eigenvalue weighted by atomic mass is 9.87. The Labute approximate surface area is 275 Å². The van der Waals surface area contributed by atoms with E-state index in [2.05, 4.69) is 141 Å². The fourth-order valence-corrected chi connectivity index (χ4v) is 7.20. The van der Waals surface area contributed by atoms with Crippen molar-refractivity contribution in [2.24, 2.45) is 0 Å². The second-order valence-corrected chi connectivity index (χ2v) is 12.9. The van der Waals surface area contributed by atoms with Crippen LogP contribution in [0.25, 0.3) is 43.6 Å². The molecule has 8 aromatic rings. The van der Waals surface area contributed by atoms with Gasteiger partial charge in [-0.2, -0.15) is 0 Å². The Hall–Kier alpha value is -5.17. The number of H-pyrrole nitrogens is 3. The van der Waals surface area contributed by atoms with Crippen LogP contribution >= 0.6 is 0 Å². The number of hydrogen-bond acceptors (Lipinski definition) is 3. The van der Waals surface area contributed by atoms with Crippen molar-refractivity contribution in [1.82, 2.24) is 30.0 Å². The molecule has 1 atom stereocenters. The highest BCUT2D eigenvalue weighted by Gasteiger charge is 2.20. The third-order valence-corrected chi connectivity index (χ3v) is 10.0. The average molecular weight is 617 g/mol. The van der Waals surface area contributed by atoms with Gasteiger partial charge in [-0.3, -0.25) is 4.98 Å². The quantitative estimate of drug-likeness (QED) is 0.127. The zero-order valence-electron chi connectivity index (χ0n) is 26.9. The highest BCUT2D eigenvalue weighted by molar-refractivity contribution is 5.83. The number of nitrogens with zero attached hydrogens (tertiary/aromatic N) is 3. The molecule has 4 aromatic carbocycles. The van der Waals surface area contributed by atoms with Crippen molar-refractivity contribution < 1.29 is 0 Å². The van der Waals surface area contributed by atoms with Crippen LogP contribution in [0.15, 0.2) is 128 Å². The molecule has 1 unspecified atom stereocenters. The molecule has 6 nitrogen and oxygen atoms in total. The number of benzene rings is 4. The number of nitrogens with one attached hydrogen (secondary N) is 3. The van der Waals surface area contributed by atoms with E-state index in [4.69, 9.17) is 0 Å². The molecule has 0 aliphatic carbocycles. The molecule has 0 saturated heterocycles. The van der Waals surface area contributed by atoms with E-state index in [1.807, 2.05) is 30.9 Å². The number of fused-ring (bicyclic) bond motifs is 4. The van der Waals surface area contributed by atoms with E-state index in [1.54, 1.807) is 0 Å². The molecule has 0 amide bonds. The first-order valence-electron chi connectivity index (χ1n) is 16.6. The second kappa shape index (κ2) is 12.6. The van der Waals surface area contributed by atoms with E-state index in [0.717, 1.165) is 31.4 Å². The number of aromatic nitrogens is 4. The van der Waals surface area contributed by atoms with Crippen LogP contribution in [0, 0.1) is 0 Å². The molecule has 6 heteroatoms. The molecule has 0 saturated carbocycles. The second-order valence-electron chi connectivity index (χ2n) is 12.9. The standard InChI is InChI=1S/C41H40N6/c1-46(22-16-36(29-6-10-39-33(25-29)13-19-43-39)28-5-9-38-32(24-28)4-3-18-42-38)47(2)23-17-37(30-7-11-40-34(26-30)14-20-44-40)31-8-12-41-35(27-31)15-21-45-41/h3-15,18-21,24-27,36-37,43-45H,16-17,22-23H2,1-2H3. The minimum atomic E-state index is 0.267. The van der Waals surface area contributed by atoms with Gasteiger partial charge in [-0.1, -0.05) is 30.3 Å². The largest absolute Gasteiger partial charge is 0.361 e. The number of hydrogen-bond donors (Lipinski definition) is 3. The van der Waals surface area contributed by atoms with Crippen molar-refractivity contribution >= 4 is 43.6 Å². The first-order chi connectivity index (χ1) is 23.1. The maximum Gasteiger partial charge on any atom is 0.0702 e. The summed E-state index contributed by atoms with van der Waals surface area (Å²) >= 11 is 0. The Morgan fingerprint density at radius 3 is 1.40 bits per heavy atom. The zero-order valence-corrected chi connectivity index (χ0v) is 26.9. The number of pyridine rings is 1. The Morgan fingerprint density at radius 2 is 0.936 bits per heavy atom. The van der Waals surface area contributed by atoms with E-state index < -0.39 is 0 Å². The van der Waals surface area contributed by atoms with Gasteiger partial charge in [-0.05, 0) is 124 Å². The first kappa shape index (κ1) is 29.2. The third kappa shape index (κ3) is 5.94. The molecule has 47 heavy (non-hydrogen) atoms. The molecule has 0 spiro atoms. The predicted octanol–water partition coefficient (Wildman–Crippen LogP) is 9.20. The Balaban J connectivity index is 1.02. The molecule has 0 fully saturated rings. The summed E-state index contributed by atoms with van der Waals surface area (Å²) in [5.41, 5.74) is 9.95. The van der Waals surface area contributed by atoms with Crippen molar-refractivity contribution in [3.8, 4) is 0 Å². The molecule has 8 rings (SSSR count). The minimum absolute atomic E-state index is 0.267. The molecule has 3 N–H and O–H groups in total. The molecule has 234 valence electrons. The van der Waals surface area contributed by atoms with Crippen LogP contribution in [0.3, 0.4) is 0 Å². The van der Waals surface area contributed by atoms with Gasteiger partial charge >= 0.3 is 0 Å². The van der Waals surface area contributed by atoms with E-state index >= 15 is 0 Å². The van der Waals surface area contributed by atoms with Gasteiger partial charge in [0.15, 0.2) is 0 Å². The van der Waals surface area contributed by atoms with Gasteiger partial charge in [-0.25, -0.2) is 10.0 Å². The summed E-state index contributed by atoms with van der Waals surface area (Å²) in [7, 11) is 4.45. The Kier molecular flexibility index (Phi) is 7.81. The van der Waals surface area contributed by atoms with Crippen LogP contribution in [0.5, 0.6) is 0 Å². The monoisotopic (exact) mass is 616 g/mol. The highest BCUT2D eigenvalue weighted by Crippen LogP contribution is 2.34. The van der Waals surface area contributed by atoms with E-state index in [9.17, 15) is 0 Å². The molecule has 4 heterocycles. The lowest BCUT2D eigenvalue weighted by molar-refractivity contribution is 0.0233. The van der Waals surface area contributed by atoms with Crippen LogP contribution in [0.4, 0.5) is 0 Å². The molecular formula is C41H40N6. The lowest BCUT2D eigenvalue weighted by Gasteiger charge is -2.31.